The number of nitrogens with one attached hydrogen (secondary N) is 1. The van der Waals surface area contributed by atoms with E-state index in [0.29, 0.717) is 29.4 Å². The molecule has 2 aliphatic heterocycles. The number of amides is 4. The molecule has 2 fully saturated rings. The van der Waals surface area contributed by atoms with Crippen LogP contribution in [0, 0.1) is 0 Å². The number of hydrogen-bond acceptors (Lipinski definition) is 7. The first-order valence-corrected chi connectivity index (χ1v) is 11.1. The van der Waals surface area contributed by atoms with Gasteiger partial charge in [-0.05, 0) is 49.6 Å². The van der Waals surface area contributed by atoms with E-state index in [1.165, 1.54) is 0 Å². The van der Waals surface area contributed by atoms with Gasteiger partial charge in [-0.25, -0.2) is 9.69 Å². The normalized spacial score (nSPS) is 18.2. The van der Waals surface area contributed by atoms with Crippen LogP contribution in [0.15, 0.2) is 59.1 Å². The van der Waals surface area contributed by atoms with Crippen molar-refractivity contribution in [2.75, 3.05) is 24.6 Å². The van der Waals surface area contributed by atoms with Crippen molar-refractivity contribution >= 4 is 23.5 Å². The number of piperidine rings is 1. The summed E-state index contributed by atoms with van der Waals surface area (Å²) >= 11 is 0. The zero-order valence-corrected chi connectivity index (χ0v) is 18.3. The van der Waals surface area contributed by atoms with Crippen LogP contribution in [0.4, 0.5) is 10.5 Å². The smallest absolute Gasteiger partial charge is 0.329 e. The highest BCUT2D eigenvalue weighted by molar-refractivity contribution is 6.19. The van der Waals surface area contributed by atoms with Crippen LogP contribution in [0.5, 0.6) is 5.75 Å². The van der Waals surface area contributed by atoms with Gasteiger partial charge in [-0.2, -0.15) is 4.98 Å². The van der Waals surface area contributed by atoms with Crippen LogP contribution in [0.1, 0.15) is 31.1 Å². The largest absolute Gasteiger partial charge is 0.484 e. The van der Waals surface area contributed by atoms with E-state index in [1.807, 2.05) is 18.2 Å². The monoisotopic (exact) mass is 461 g/mol. The van der Waals surface area contributed by atoms with Crippen molar-refractivity contribution in [2.45, 2.75) is 25.3 Å². The summed E-state index contributed by atoms with van der Waals surface area (Å²) in [6, 6.07) is 15.2. The summed E-state index contributed by atoms with van der Waals surface area (Å²) in [6.07, 6.45) is 2.56. The highest BCUT2D eigenvalue weighted by Gasteiger charge is 2.33. The number of anilines is 1. The zero-order chi connectivity index (χ0) is 23.5. The number of hydrogen-bond donors (Lipinski definition) is 1. The Morgan fingerprint density at radius 1 is 1.12 bits per heavy atom. The number of imide groups is 1. The first kappa shape index (κ1) is 21.6. The molecule has 0 aliphatic carbocycles. The van der Waals surface area contributed by atoms with Crippen molar-refractivity contribution < 1.29 is 23.6 Å². The molecule has 5 rings (SSSR count). The number of urea groups is 1. The molecule has 0 spiro atoms. The summed E-state index contributed by atoms with van der Waals surface area (Å²) in [4.78, 5) is 44.3. The SMILES string of the molecule is O=C1CNC(=O)N1c1cccc(-c2nc([C@H]3CCCCN3C(=O)COc3ccccc3)no2)c1. The number of likely N-dealkylation sites (tertiary alicyclic amines) is 1. The summed E-state index contributed by atoms with van der Waals surface area (Å²) in [5.74, 6) is 0.838. The second kappa shape index (κ2) is 9.34. The molecule has 2 aromatic carbocycles. The van der Waals surface area contributed by atoms with Crippen molar-refractivity contribution in [1.82, 2.24) is 20.4 Å². The Labute approximate surface area is 195 Å². The fourth-order valence-corrected chi connectivity index (χ4v) is 4.19. The van der Waals surface area contributed by atoms with Gasteiger partial charge >= 0.3 is 6.03 Å². The van der Waals surface area contributed by atoms with Gasteiger partial charge in [0.2, 0.25) is 0 Å². The number of rotatable bonds is 6. The minimum atomic E-state index is -0.470. The number of carbonyl (C=O) groups excluding carboxylic acids is 3. The highest BCUT2D eigenvalue weighted by Crippen LogP contribution is 2.32. The molecule has 4 amide bonds. The Morgan fingerprint density at radius 3 is 2.76 bits per heavy atom. The Balaban J connectivity index is 1.33. The Kier molecular flexibility index (Phi) is 5.94. The molecule has 2 saturated heterocycles. The number of carbonyl (C=O) groups is 3. The van der Waals surface area contributed by atoms with Crippen molar-refractivity contribution in [3.63, 3.8) is 0 Å². The maximum Gasteiger partial charge on any atom is 0.329 e. The lowest BCUT2D eigenvalue weighted by atomic mass is 10.0. The third kappa shape index (κ3) is 4.34. The third-order valence-corrected chi connectivity index (χ3v) is 5.86. The van der Waals surface area contributed by atoms with Gasteiger partial charge in [-0.3, -0.25) is 9.59 Å². The molecule has 0 radical (unpaired) electrons. The van der Waals surface area contributed by atoms with Gasteiger partial charge in [0.1, 0.15) is 5.75 Å². The highest BCUT2D eigenvalue weighted by atomic mass is 16.5. The van der Waals surface area contributed by atoms with Crippen LogP contribution in [0.2, 0.25) is 0 Å². The van der Waals surface area contributed by atoms with Crippen LogP contribution < -0.4 is 15.0 Å². The summed E-state index contributed by atoms with van der Waals surface area (Å²) in [7, 11) is 0. The van der Waals surface area contributed by atoms with Crippen LogP contribution in [-0.2, 0) is 9.59 Å². The van der Waals surface area contributed by atoms with Crippen molar-refractivity contribution in [2.24, 2.45) is 0 Å². The summed E-state index contributed by atoms with van der Waals surface area (Å²) in [6.45, 7) is 0.486. The molecule has 1 atom stereocenters. The van der Waals surface area contributed by atoms with Gasteiger partial charge < -0.3 is 19.5 Å². The lowest BCUT2D eigenvalue weighted by molar-refractivity contribution is -0.137. The van der Waals surface area contributed by atoms with E-state index < -0.39 is 6.03 Å². The predicted octanol–water partition coefficient (Wildman–Crippen LogP) is 2.93. The topological polar surface area (TPSA) is 118 Å². The first-order chi connectivity index (χ1) is 16.6. The zero-order valence-electron chi connectivity index (χ0n) is 18.3. The predicted molar refractivity (Wildman–Crippen MR) is 121 cm³/mol. The van der Waals surface area contributed by atoms with E-state index in [1.54, 1.807) is 41.3 Å². The number of benzene rings is 2. The van der Waals surface area contributed by atoms with E-state index in [4.69, 9.17) is 9.26 Å². The van der Waals surface area contributed by atoms with Gasteiger partial charge in [-0.1, -0.05) is 29.4 Å². The van der Waals surface area contributed by atoms with Crippen LogP contribution in [0.25, 0.3) is 11.5 Å². The molecule has 0 unspecified atom stereocenters. The molecule has 2 aliphatic rings. The maximum atomic E-state index is 12.9. The minimum absolute atomic E-state index is 0.0344. The van der Waals surface area contributed by atoms with Crippen LogP contribution >= 0.6 is 0 Å². The molecule has 174 valence electrons. The Bertz CT molecular complexity index is 1200. The summed E-state index contributed by atoms with van der Waals surface area (Å²) < 4.78 is 11.1. The van der Waals surface area contributed by atoms with E-state index in [-0.39, 0.29) is 36.9 Å². The maximum absolute atomic E-state index is 12.9. The van der Waals surface area contributed by atoms with Gasteiger partial charge in [0.05, 0.1) is 18.3 Å². The van der Waals surface area contributed by atoms with Crippen LogP contribution in [0.3, 0.4) is 0 Å². The Hall–Kier alpha value is -4.21. The average Bonchev–Trinajstić information content (AvgIpc) is 3.50. The molecule has 34 heavy (non-hydrogen) atoms. The van der Waals surface area contributed by atoms with Crippen LogP contribution in [-0.4, -0.2) is 52.6 Å². The molecule has 10 heteroatoms. The average molecular weight is 461 g/mol. The molecule has 3 aromatic rings. The number of aromatic nitrogens is 2. The summed E-state index contributed by atoms with van der Waals surface area (Å²) in [5, 5.41) is 6.64. The van der Waals surface area contributed by atoms with E-state index >= 15 is 0 Å². The quantitative estimate of drug-likeness (QED) is 0.561. The lowest BCUT2D eigenvalue weighted by Crippen LogP contribution is -2.41. The Morgan fingerprint density at radius 2 is 1.97 bits per heavy atom. The molecular weight excluding hydrogens is 438 g/mol. The van der Waals surface area contributed by atoms with Gasteiger partial charge in [0.15, 0.2) is 12.4 Å². The van der Waals surface area contributed by atoms with E-state index in [0.717, 1.165) is 24.2 Å². The van der Waals surface area contributed by atoms with E-state index in [9.17, 15) is 14.4 Å². The molecule has 0 saturated carbocycles. The fourth-order valence-electron chi connectivity index (χ4n) is 4.19. The number of ether oxygens (including phenoxy) is 1. The van der Waals surface area contributed by atoms with Crippen molar-refractivity contribution in [3.05, 3.63) is 60.4 Å². The van der Waals surface area contributed by atoms with Crippen molar-refractivity contribution in [1.29, 1.82) is 0 Å². The molecule has 10 nitrogen and oxygen atoms in total. The minimum Gasteiger partial charge on any atom is -0.484 e. The molecule has 0 bridgehead atoms. The number of para-hydroxylation sites is 1. The second-order valence-corrected chi connectivity index (χ2v) is 8.10. The molecule has 1 aromatic heterocycles. The second-order valence-electron chi connectivity index (χ2n) is 8.10. The van der Waals surface area contributed by atoms with Crippen molar-refractivity contribution in [3.8, 4) is 17.2 Å². The van der Waals surface area contributed by atoms with Gasteiger partial charge in [0.25, 0.3) is 17.7 Å². The molecule has 1 N–H and O–H groups in total. The van der Waals surface area contributed by atoms with Gasteiger partial charge in [0, 0.05) is 12.1 Å². The third-order valence-electron chi connectivity index (χ3n) is 5.86. The first-order valence-electron chi connectivity index (χ1n) is 11.1. The molecule has 3 heterocycles. The standard InChI is InChI=1S/C24H23N5O5/c30-20-14-25-24(32)29(20)17-8-6-7-16(13-17)23-26-22(27-34-23)19-11-4-5-12-28(19)21(31)15-33-18-9-2-1-3-10-18/h1-3,6-10,13,19H,4-5,11-12,14-15H2,(H,25,32)/t19-/m1/s1. The van der Waals surface area contributed by atoms with Gasteiger partial charge in [-0.15, -0.1) is 0 Å². The lowest BCUT2D eigenvalue weighted by Gasteiger charge is -2.33. The summed E-state index contributed by atoms with van der Waals surface area (Å²) in [5.41, 5.74) is 0.995. The molecular formula is C24H23N5O5. The number of nitrogens with zero attached hydrogens (tertiary/aromatic N) is 4. The van der Waals surface area contributed by atoms with E-state index in [2.05, 4.69) is 15.5 Å². The fraction of sp³-hybridized carbons (Fsp3) is 0.292.